The van der Waals surface area contributed by atoms with Gasteiger partial charge >= 0.3 is 0 Å². The van der Waals surface area contributed by atoms with Crippen LogP contribution in [0.1, 0.15) is 58.8 Å². The largest absolute Gasteiger partial charge is 0.339 e. The van der Waals surface area contributed by atoms with Gasteiger partial charge < -0.3 is 10.2 Å². The topological polar surface area (TPSA) is 32.3 Å². The van der Waals surface area contributed by atoms with Gasteiger partial charge in [0.05, 0.1) is 0 Å². The van der Waals surface area contributed by atoms with E-state index >= 15 is 0 Å². The Bertz CT molecular complexity index is 280. The summed E-state index contributed by atoms with van der Waals surface area (Å²) >= 11 is 0. The second kappa shape index (κ2) is 6.05. The fraction of sp³-hybridized carbons (Fsp3) is 0.933. The van der Waals surface area contributed by atoms with E-state index in [-0.39, 0.29) is 5.41 Å². The first-order valence-corrected chi connectivity index (χ1v) is 7.59. The van der Waals surface area contributed by atoms with Crippen molar-refractivity contribution in [1.29, 1.82) is 0 Å². The van der Waals surface area contributed by atoms with Crippen molar-refractivity contribution >= 4 is 5.91 Å². The number of hydrogen-bond acceptors (Lipinski definition) is 2. The molecule has 18 heavy (non-hydrogen) atoms. The minimum absolute atomic E-state index is 0.197. The highest BCUT2D eigenvalue weighted by Gasteiger charge is 2.31. The van der Waals surface area contributed by atoms with Crippen molar-refractivity contribution in [3.8, 4) is 0 Å². The molecule has 1 aliphatic carbocycles. The number of carbonyl (C=O) groups excluding carboxylic acids is 1. The summed E-state index contributed by atoms with van der Waals surface area (Å²) < 4.78 is 0. The molecule has 3 heteroatoms. The predicted molar refractivity (Wildman–Crippen MR) is 74.5 cm³/mol. The van der Waals surface area contributed by atoms with Gasteiger partial charge in [0.25, 0.3) is 0 Å². The average molecular weight is 252 g/mol. The van der Waals surface area contributed by atoms with E-state index in [1.807, 2.05) is 0 Å². The Morgan fingerprint density at radius 1 is 1.17 bits per heavy atom. The van der Waals surface area contributed by atoms with Gasteiger partial charge in [-0.1, -0.05) is 39.5 Å². The lowest BCUT2D eigenvalue weighted by molar-refractivity contribution is -0.136. The summed E-state index contributed by atoms with van der Waals surface area (Å²) in [5.74, 6) is 0.363. The molecule has 0 radical (unpaired) electrons. The van der Waals surface area contributed by atoms with E-state index in [0.717, 1.165) is 19.6 Å². The average Bonchev–Trinajstić information content (AvgIpc) is 2.58. The molecule has 1 saturated carbocycles. The zero-order valence-electron chi connectivity index (χ0n) is 12.0. The number of nitrogens with one attached hydrogen (secondary N) is 1. The maximum absolute atomic E-state index is 12.4. The van der Waals surface area contributed by atoms with Gasteiger partial charge in [-0.2, -0.15) is 0 Å². The van der Waals surface area contributed by atoms with Gasteiger partial charge in [-0.3, -0.25) is 4.79 Å². The van der Waals surface area contributed by atoms with Crippen LogP contribution < -0.4 is 5.32 Å². The second-order valence-electron chi connectivity index (χ2n) is 6.76. The van der Waals surface area contributed by atoms with E-state index in [1.54, 1.807) is 0 Å². The Morgan fingerprint density at radius 3 is 2.50 bits per heavy atom. The molecule has 0 aromatic rings. The number of nitrogens with zero attached hydrogens (tertiary/aromatic N) is 1. The van der Waals surface area contributed by atoms with E-state index < -0.39 is 0 Å². The zero-order valence-corrected chi connectivity index (χ0v) is 12.0. The smallest absolute Gasteiger partial charge is 0.224 e. The Labute approximate surface area is 111 Å². The summed E-state index contributed by atoms with van der Waals surface area (Å²) in [7, 11) is 0. The van der Waals surface area contributed by atoms with Crippen LogP contribution in [0.2, 0.25) is 0 Å². The second-order valence-corrected chi connectivity index (χ2v) is 6.76. The van der Waals surface area contributed by atoms with Crippen LogP contribution in [-0.2, 0) is 4.79 Å². The van der Waals surface area contributed by atoms with Crippen LogP contribution in [0.3, 0.4) is 0 Å². The maximum Gasteiger partial charge on any atom is 0.224 e. The lowest BCUT2D eigenvalue weighted by atomic mass is 9.90. The normalized spacial score (nSPS) is 27.4. The molecule has 0 aromatic heterocycles. The molecule has 0 bridgehead atoms. The minimum Gasteiger partial charge on any atom is -0.339 e. The van der Waals surface area contributed by atoms with Crippen molar-refractivity contribution in [3.05, 3.63) is 0 Å². The SMILES string of the molecule is CC1(C)CNCCC(=O)N(C2CCCCCC2)C1. The van der Waals surface area contributed by atoms with Crippen LogP contribution in [0.4, 0.5) is 0 Å². The van der Waals surface area contributed by atoms with Gasteiger partial charge in [0.15, 0.2) is 0 Å². The third-order valence-corrected chi connectivity index (χ3v) is 4.30. The molecule has 2 fully saturated rings. The molecule has 1 heterocycles. The predicted octanol–water partition coefficient (Wildman–Crippen LogP) is 2.56. The molecule has 0 atom stereocenters. The van der Waals surface area contributed by atoms with Crippen LogP contribution in [0, 0.1) is 5.41 Å². The summed E-state index contributed by atoms with van der Waals surface area (Å²) in [6, 6.07) is 0.511. The first-order valence-electron chi connectivity index (χ1n) is 7.59. The fourth-order valence-corrected chi connectivity index (χ4v) is 3.27. The van der Waals surface area contributed by atoms with Crippen molar-refractivity contribution in [3.63, 3.8) is 0 Å². The van der Waals surface area contributed by atoms with Crippen molar-refractivity contribution in [2.75, 3.05) is 19.6 Å². The van der Waals surface area contributed by atoms with Gasteiger partial charge in [0, 0.05) is 32.1 Å². The Kier molecular flexibility index (Phi) is 4.66. The van der Waals surface area contributed by atoms with Crippen molar-refractivity contribution in [2.24, 2.45) is 5.41 Å². The molecule has 104 valence electrons. The minimum atomic E-state index is 0.197. The Balaban J connectivity index is 2.07. The van der Waals surface area contributed by atoms with E-state index in [0.29, 0.717) is 18.4 Å². The number of carbonyl (C=O) groups is 1. The molecular weight excluding hydrogens is 224 g/mol. The summed E-state index contributed by atoms with van der Waals surface area (Å²) in [5, 5.41) is 3.40. The quantitative estimate of drug-likeness (QED) is 0.727. The highest BCUT2D eigenvalue weighted by molar-refractivity contribution is 5.77. The fourth-order valence-electron chi connectivity index (χ4n) is 3.27. The van der Waals surface area contributed by atoms with Gasteiger partial charge in [0.1, 0.15) is 0 Å². The molecule has 1 aliphatic heterocycles. The van der Waals surface area contributed by atoms with Crippen LogP contribution in [0.15, 0.2) is 0 Å². The molecule has 1 amide bonds. The molecule has 1 N–H and O–H groups in total. The molecule has 3 nitrogen and oxygen atoms in total. The van der Waals surface area contributed by atoms with E-state index in [1.165, 1.54) is 38.5 Å². The number of hydrogen-bond donors (Lipinski definition) is 1. The molecule has 2 rings (SSSR count). The van der Waals surface area contributed by atoms with E-state index in [4.69, 9.17) is 0 Å². The lowest BCUT2D eigenvalue weighted by Gasteiger charge is -2.39. The van der Waals surface area contributed by atoms with Crippen LogP contribution in [-0.4, -0.2) is 36.5 Å². The maximum atomic E-state index is 12.4. The van der Waals surface area contributed by atoms with Crippen molar-refractivity contribution in [1.82, 2.24) is 10.2 Å². The molecule has 2 aliphatic rings. The van der Waals surface area contributed by atoms with Crippen molar-refractivity contribution in [2.45, 2.75) is 64.8 Å². The summed E-state index contributed by atoms with van der Waals surface area (Å²) in [6.07, 6.45) is 8.41. The Hall–Kier alpha value is -0.570. The van der Waals surface area contributed by atoms with Gasteiger partial charge in [-0.25, -0.2) is 0 Å². The van der Waals surface area contributed by atoms with E-state index in [9.17, 15) is 4.79 Å². The molecule has 1 saturated heterocycles. The third-order valence-electron chi connectivity index (χ3n) is 4.30. The van der Waals surface area contributed by atoms with Gasteiger partial charge in [-0.15, -0.1) is 0 Å². The number of amides is 1. The van der Waals surface area contributed by atoms with Gasteiger partial charge in [-0.05, 0) is 18.3 Å². The molecular formula is C15H28N2O. The first-order chi connectivity index (χ1) is 8.58. The first kappa shape index (κ1) is 13.9. The van der Waals surface area contributed by atoms with Crippen molar-refractivity contribution < 1.29 is 4.79 Å². The number of rotatable bonds is 1. The molecule has 0 aromatic carbocycles. The zero-order chi connectivity index (χ0) is 13.0. The van der Waals surface area contributed by atoms with Crippen LogP contribution in [0.5, 0.6) is 0 Å². The van der Waals surface area contributed by atoms with Gasteiger partial charge in [0.2, 0.25) is 5.91 Å². The standard InChI is InChI=1S/C15H28N2O/c1-15(2)11-16-10-9-14(18)17(12-15)13-7-5-3-4-6-8-13/h13,16H,3-12H2,1-2H3. The third kappa shape index (κ3) is 3.71. The Morgan fingerprint density at radius 2 is 1.83 bits per heavy atom. The highest BCUT2D eigenvalue weighted by Crippen LogP contribution is 2.27. The molecule has 0 spiro atoms. The summed E-state index contributed by atoms with van der Waals surface area (Å²) in [5.41, 5.74) is 0.197. The van der Waals surface area contributed by atoms with Crippen LogP contribution in [0.25, 0.3) is 0 Å². The van der Waals surface area contributed by atoms with E-state index in [2.05, 4.69) is 24.1 Å². The lowest BCUT2D eigenvalue weighted by Crippen LogP contribution is -2.51. The van der Waals surface area contributed by atoms with Crippen LogP contribution >= 0.6 is 0 Å². The summed E-state index contributed by atoms with van der Waals surface area (Å²) in [6.45, 7) is 7.31. The monoisotopic (exact) mass is 252 g/mol. The molecule has 0 unspecified atom stereocenters. The summed E-state index contributed by atoms with van der Waals surface area (Å²) in [4.78, 5) is 14.6. The highest BCUT2D eigenvalue weighted by atomic mass is 16.2.